The summed E-state index contributed by atoms with van der Waals surface area (Å²) in [7, 11) is 0. The Balaban J connectivity index is 2.16. The maximum Gasteiger partial charge on any atom is 0.191 e. The van der Waals surface area contributed by atoms with Crippen LogP contribution < -0.4 is 5.73 Å². The highest BCUT2D eigenvalue weighted by Gasteiger charge is 2.11. The molecule has 0 spiro atoms. The average molecular weight is 211 g/mol. The molecule has 1 rings (SSSR count). The first-order valence-electron chi connectivity index (χ1n) is 5.58. The summed E-state index contributed by atoms with van der Waals surface area (Å²) in [6.45, 7) is 7.74. The number of aliphatic imine (C=N–C) groups is 1. The molecule has 4 nitrogen and oxygen atoms in total. The number of nitrogens with two attached hydrogens (primary N) is 1. The zero-order chi connectivity index (χ0) is 10.9. The molecule has 1 heterocycles. The van der Waals surface area contributed by atoms with Crippen LogP contribution in [0.15, 0.2) is 17.6 Å². The summed E-state index contributed by atoms with van der Waals surface area (Å²) in [5.74, 6) is 0.664. The van der Waals surface area contributed by atoms with Gasteiger partial charge in [-0.3, -0.25) is 4.99 Å². The van der Waals surface area contributed by atoms with E-state index in [1.165, 1.54) is 0 Å². The smallest absolute Gasteiger partial charge is 0.191 e. The monoisotopic (exact) mass is 211 g/mol. The molecule has 0 aromatic rings. The first-order chi connectivity index (χ1) is 7.34. The summed E-state index contributed by atoms with van der Waals surface area (Å²) < 4.78 is 5.24. The highest BCUT2D eigenvalue weighted by atomic mass is 16.5. The molecule has 0 aromatic heterocycles. The van der Waals surface area contributed by atoms with Crippen molar-refractivity contribution in [3.63, 3.8) is 0 Å². The Morgan fingerprint density at radius 2 is 2.13 bits per heavy atom. The molecule has 0 aromatic carbocycles. The Morgan fingerprint density at radius 1 is 1.40 bits per heavy atom. The fraction of sp³-hybridized carbons (Fsp3) is 0.727. The Labute approximate surface area is 91.8 Å². The number of ether oxygens (including phenoxy) is 1. The van der Waals surface area contributed by atoms with Gasteiger partial charge >= 0.3 is 0 Å². The molecule has 0 aliphatic carbocycles. The van der Waals surface area contributed by atoms with E-state index in [2.05, 4.69) is 16.5 Å². The van der Waals surface area contributed by atoms with Crippen molar-refractivity contribution in [2.24, 2.45) is 10.7 Å². The number of nitrogens with zero attached hydrogens (tertiary/aromatic N) is 2. The standard InChI is InChI=1S/C11H21N3O/c1-2-3-4-5-6-13-11(12)14-7-9-15-10-8-14/h2H,1,3-10H2,(H2,12,13). The largest absolute Gasteiger partial charge is 0.378 e. The van der Waals surface area contributed by atoms with Gasteiger partial charge in [0.25, 0.3) is 0 Å². The lowest BCUT2D eigenvalue weighted by atomic mass is 10.2. The van der Waals surface area contributed by atoms with E-state index in [4.69, 9.17) is 10.5 Å². The van der Waals surface area contributed by atoms with E-state index in [1.54, 1.807) is 0 Å². The Morgan fingerprint density at radius 3 is 2.80 bits per heavy atom. The predicted molar refractivity (Wildman–Crippen MR) is 62.9 cm³/mol. The van der Waals surface area contributed by atoms with Crippen molar-refractivity contribution < 1.29 is 4.74 Å². The summed E-state index contributed by atoms with van der Waals surface area (Å²) in [5, 5.41) is 0. The minimum atomic E-state index is 0.664. The predicted octanol–water partition coefficient (Wildman–Crippen LogP) is 0.990. The van der Waals surface area contributed by atoms with Crippen molar-refractivity contribution in [1.29, 1.82) is 0 Å². The zero-order valence-electron chi connectivity index (χ0n) is 9.32. The van der Waals surface area contributed by atoms with Crippen LogP contribution in [0, 0.1) is 0 Å². The van der Waals surface area contributed by atoms with Crippen LogP contribution in [-0.4, -0.2) is 43.7 Å². The highest BCUT2D eigenvalue weighted by Crippen LogP contribution is 1.98. The van der Waals surface area contributed by atoms with Crippen LogP contribution in [0.4, 0.5) is 0 Å². The first-order valence-corrected chi connectivity index (χ1v) is 5.58. The molecule has 0 atom stereocenters. The van der Waals surface area contributed by atoms with Gasteiger partial charge in [-0.05, 0) is 19.3 Å². The summed E-state index contributed by atoms with van der Waals surface area (Å²) >= 11 is 0. The van der Waals surface area contributed by atoms with Crippen molar-refractivity contribution in [3.05, 3.63) is 12.7 Å². The molecule has 1 saturated heterocycles. The van der Waals surface area contributed by atoms with Gasteiger partial charge in [-0.1, -0.05) is 6.08 Å². The van der Waals surface area contributed by atoms with E-state index in [0.717, 1.165) is 52.1 Å². The van der Waals surface area contributed by atoms with Gasteiger partial charge in [0, 0.05) is 19.6 Å². The molecule has 0 saturated carbocycles. The Bertz CT molecular complexity index is 210. The van der Waals surface area contributed by atoms with E-state index < -0.39 is 0 Å². The van der Waals surface area contributed by atoms with Gasteiger partial charge < -0.3 is 15.4 Å². The molecule has 0 bridgehead atoms. The number of unbranched alkanes of at least 4 members (excludes halogenated alkanes) is 2. The topological polar surface area (TPSA) is 50.8 Å². The summed E-state index contributed by atoms with van der Waals surface area (Å²) in [5.41, 5.74) is 5.86. The summed E-state index contributed by atoms with van der Waals surface area (Å²) in [4.78, 5) is 6.43. The van der Waals surface area contributed by atoms with Crippen LogP contribution in [0.25, 0.3) is 0 Å². The zero-order valence-corrected chi connectivity index (χ0v) is 9.32. The Hall–Kier alpha value is -1.03. The van der Waals surface area contributed by atoms with Crippen LogP contribution >= 0.6 is 0 Å². The number of hydrogen-bond acceptors (Lipinski definition) is 2. The fourth-order valence-electron chi connectivity index (χ4n) is 1.49. The third-order valence-corrected chi connectivity index (χ3v) is 2.43. The minimum Gasteiger partial charge on any atom is -0.378 e. The quantitative estimate of drug-likeness (QED) is 0.319. The molecule has 86 valence electrons. The van der Waals surface area contributed by atoms with Crippen LogP contribution in [0.3, 0.4) is 0 Å². The van der Waals surface area contributed by atoms with E-state index in [9.17, 15) is 0 Å². The van der Waals surface area contributed by atoms with Crippen LogP contribution in [0.5, 0.6) is 0 Å². The molecule has 15 heavy (non-hydrogen) atoms. The molecular weight excluding hydrogens is 190 g/mol. The van der Waals surface area contributed by atoms with Crippen molar-refractivity contribution in [2.45, 2.75) is 19.3 Å². The molecule has 1 aliphatic heterocycles. The number of hydrogen-bond donors (Lipinski definition) is 1. The molecule has 4 heteroatoms. The lowest BCUT2D eigenvalue weighted by Crippen LogP contribution is -2.44. The average Bonchev–Trinajstić information content (AvgIpc) is 2.30. The second-order valence-corrected chi connectivity index (χ2v) is 3.62. The molecule has 0 radical (unpaired) electrons. The highest BCUT2D eigenvalue weighted by molar-refractivity contribution is 5.78. The molecule has 1 fully saturated rings. The minimum absolute atomic E-state index is 0.664. The van der Waals surface area contributed by atoms with Gasteiger partial charge in [-0.15, -0.1) is 6.58 Å². The molecule has 1 aliphatic rings. The number of rotatable bonds is 5. The van der Waals surface area contributed by atoms with Gasteiger partial charge in [0.15, 0.2) is 5.96 Å². The molecule has 0 unspecified atom stereocenters. The van der Waals surface area contributed by atoms with Gasteiger partial charge in [-0.2, -0.15) is 0 Å². The van der Waals surface area contributed by atoms with Crippen molar-refractivity contribution >= 4 is 5.96 Å². The summed E-state index contributed by atoms with van der Waals surface area (Å²) in [6.07, 6.45) is 5.22. The van der Waals surface area contributed by atoms with Crippen molar-refractivity contribution in [2.75, 3.05) is 32.8 Å². The number of morpholine rings is 1. The van der Waals surface area contributed by atoms with Gasteiger partial charge in [0.2, 0.25) is 0 Å². The lowest BCUT2D eigenvalue weighted by Gasteiger charge is -2.27. The fourth-order valence-corrected chi connectivity index (χ4v) is 1.49. The molecular formula is C11H21N3O. The maximum atomic E-state index is 5.86. The second kappa shape index (κ2) is 7.29. The third kappa shape index (κ3) is 4.83. The first kappa shape index (κ1) is 12.0. The van der Waals surface area contributed by atoms with Crippen LogP contribution in [0.2, 0.25) is 0 Å². The number of allylic oxidation sites excluding steroid dienone is 1. The van der Waals surface area contributed by atoms with Gasteiger partial charge in [0.05, 0.1) is 13.2 Å². The summed E-state index contributed by atoms with van der Waals surface area (Å²) in [6, 6.07) is 0. The van der Waals surface area contributed by atoms with E-state index in [1.807, 2.05) is 6.08 Å². The Kier molecular flexibility index (Phi) is 5.85. The number of guanidine groups is 1. The normalized spacial score (nSPS) is 17.9. The molecule has 0 amide bonds. The van der Waals surface area contributed by atoms with Crippen LogP contribution in [-0.2, 0) is 4.74 Å². The third-order valence-electron chi connectivity index (χ3n) is 2.43. The van der Waals surface area contributed by atoms with Gasteiger partial charge in [-0.25, -0.2) is 0 Å². The van der Waals surface area contributed by atoms with Crippen molar-refractivity contribution in [3.8, 4) is 0 Å². The molecule has 2 N–H and O–H groups in total. The van der Waals surface area contributed by atoms with E-state index in [0.29, 0.717) is 5.96 Å². The lowest BCUT2D eigenvalue weighted by molar-refractivity contribution is 0.0674. The van der Waals surface area contributed by atoms with Crippen molar-refractivity contribution in [1.82, 2.24) is 4.90 Å². The van der Waals surface area contributed by atoms with E-state index in [-0.39, 0.29) is 0 Å². The van der Waals surface area contributed by atoms with Crippen LogP contribution in [0.1, 0.15) is 19.3 Å². The second-order valence-electron chi connectivity index (χ2n) is 3.62. The maximum absolute atomic E-state index is 5.86. The van der Waals surface area contributed by atoms with Gasteiger partial charge in [0.1, 0.15) is 0 Å². The SMILES string of the molecule is C=CCCCCN=C(N)N1CCOCC1. The van der Waals surface area contributed by atoms with E-state index >= 15 is 0 Å².